The molecule has 0 saturated heterocycles. The van der Waals surface area contributed by atoms with Gasteiger partial charge in [0.15, 0.2) is 0 Å². The first-order valence-electron chi connectivity index (χ1n) is 7.99. The zero-order valence-electron chi connectivity index (χ0n) is 14.9. The minimum atomic E-state index is 0. The van der Waals surface area contributed by atoms with Gasteiger partial charge < -0.3 is 0 Å². The van der Waals surface area contributed by atoms with Crippen LogP contribution in [0.25, 0.3) is 0 Å². The monoisotopic (exact) mass is 360 g/mol. The van der Waals surface area contributed by atoms with E-state index in [0.29, 0.717) is 0 Å². The Balaban J connectivity index is 0.000000307. The summed E-state index contributed by atoms with van der Waals surface area (Å²) in [5, 5.41) is 0. The summed E-state index contributed by atoms with van der Waals surface area (Å²) in [4.78, 5) is 0. The van der Waals surface area contributed by atoms with Gasteiger partial charge >= 0.3 is 21.7 Å². The summed E-state index contributed by atoms with van der Waals surface area (Å²) in [6, 6.07) is 41.9. The minimum absolute atomic E-state index is 0. The number of rotatable bonds is 0. The molecule has 4 aromatic carbocycles. The third kappa shape index (κ3) is 15.1. The first-order valence-corrected chi connectivity index (χ1v) is 7.99. The first kappa shape index (κ1) is 22.9. The van der Waals surface area contributed by atoms with Gasteiger partial charge in [0.25, 0.3) is 0 Å². The summed E-state index contributed by atoms with van der Waals surface area (Å²) in [6.07, 6.45) is 0. The molecule has 1 heteroatoms. The average molecular weight is 360 g/mol. The quantitative estimate of drug-likeness (QED) is 0.251. The maximum absolute atomic E-state index is 3.03. The van der Waals surface area contributed by atoms with Crippen molar-refractivity contribution >= 4 is 0 Å². The van der Waals surface area contributed by atoms with E-state index in [1.165, 1.54) is 11.1 Å². The Bertz CT molecular complexity index is 567. The standard InChI is InChI=1S/2C7H7.2C5H5.Ti/c2*1-7-5-3-2-4-6-7;2*1-2-4-5-3-1;/h2*2-5H,1H3;2*1-5H;/q4*-1;+4. The molecule has 0 aliphatic heterocycles. The zero-order chi connectivity index (χ0) is 17.3. The zero-order valence-corrected chi connectivity index (χ0v) is 16.5. The smallest absolute Gasteiger partial charge is 0.214 e. The van der Waals surface area contributed by atoms with Crippen molar-refractivity contribution in [2.75, 3.05) is 0 Å². The van der Waals surface area contributed by atoms with E-state index in [1.54, 1.807) is 0 Å². The molecule has 4 aromatic rings. The van der Waals surface area contributed by atoms with E-state index in [1.807, 2.05) is 123 Å². The fourth-order valence-electron chi connectivity index (χ4n) is 1.61. The molecule has 0 spiro atoms. The number of hydrogen-bond acceptors (Lipinski definition) is 0. The van der Waals surface area contributed by atoms with Gasteiger partial charge in [-0.05, 0) is 0 Å². The molecule has 4 rings (SSSR count). The molecule has 124 valence electrons. The molecule has 0 amide bonds. The Labute approximate surface area is 167 Å². The van der Waals surface area contributed by atoms with Crippen molar-refractivity contribution < 1.29 is 21.7 Å². The second kappa shape index (κ2) is 16.7. The summed E-state index contributed by atoms with van der Waals surface area (Å²) in [5.41, 5.74) is 2.39. The van der Waals surface area contributed by atoms with E-state index < -0.39 is 0 Å². The summed E-state index contributed by atoms with van der Waals surface area (Å²) in [5.74, 6) is 0. The van der Waals surface area contributed by atoms with Crippen molar-refractivity contribution in [3.63, 3.8) is 0 Å². The summed E-state index contributed by atoms with van der Waals surface area (Å²) in [6.45, 7) is 4.06. The maximum Gasteiger partial charge on any atom is 4.00 e. The van der Waals surface area contributed by atoms with Crippen LogP contribution in [-0.4, -0.2) is 0 Å². The van der Waals surface area contributed by atoms with E-state index in [0.717, 1.165) is 0 Å². The predicted molar refractivity (Wildman–Crippen MR) is 104 cm³/mol. The SMILES string of the molecule is Cc1[c-]cccc1.Cc1[c-]cccc1.[Ti+4].c1cc[cH-]c1.c1cc[cH-]c1. The minimum Gasteiger partial charge on any atom is -0.214 e. The Morgan fingerprint density at radius 2 is 0.920 bits per heavy atom. The van der Waals surface area contributed by atoms with E-state index in [9.17, 15) is 0 Å². The molecule has 0 unspecified atom stereocenters. The van der Waals surface area contributed by atoms with Crippen molar-refractivity contribution in [2.24, 2.45) is 0 Å². The van der Waals surface area contributed by atoms with Crippen LogP contribution in [-0.2, 0) is 21.7 Å². The van der Waals surface area contributed by atoms with Gasteiger partial charge in [0, 0.05) is 0 Å². The topological polar surface area (TPSA) is 0 Å². The molecule has 25 heavy (non-hydrogen) atoms. The van der Waals surface area contributed by atoms with Gasteiger partial charge in [-0.25, -0.2) is 24.3 Å². The Hall–Kier alpha value is -2.15. The van der Waals surface area contributed by atoms with Crippen LogP contribution in [0.1, 0.15) is 11.1 Å². The van der Waals surface area contributed by atoms with Crippen LogP contribution >= 0.6 is 0 Å². The van der Waals surface area contributed by atoms with Crippen molar-refractivity contribution in [2.45, 2.75) is 13.8 Å². The molecule has 0 aliphatic carbocycles. The number of benzene rings is 2. The van der Waals surface area contributed by atoms with Gasteiger partial charge in [-0.1, -0.05) is 13.8 Å². The van der Waals surface area contributed by atoms with Crippen LogP contribution in [0.3, 0.4) is 0 Å². The van der Waals surface area contributed by atoms with Gasteiger partial charge in [-0.15, -0.1) is 0 Å². The summed E-state index contributed by atoms with van der Waals surface area (Å²) in [7, 11) is 0. The Kier molecular flexibility index (Phi) is 15.3. The molecule has 0 fully saturated rings. The van der Waals surface area contributed by atoms with E-state index in [2.05, 4.69) is 12.1 Å². The van der Waals surface area contributed by atoms with Gasteiger partial charge in [0.1, 0.15) is 0 Å². The fourth-order valence-corrected chi connectivity index (χ4v) is 1.61. The largest absolute Gasteiger partial charge is 4.00 e. The molecule has 0 heterocycles. The maximum atomic E-state index is 3.03. The molecular weight excluding hydrogens is 336 g/mol. The Morgan fingerprint density at radius 3 is 1.04 bits per heavy atom. The fraction of sp³-hybridized carbons (Fsp3) is 0.0833. The van der Waals surface area contributed by atoms with E-state index in [-0.39, 0.29) is 21.7 Å². The van der Waals surface area contributed by atoms with Crippen LogP contribution in [0.4, 0.5) is 0 Å². The summed E-state index contributed by atoms with van der Waals surface area (Å²) < 4.78 is 0. The average Bonchev–Trinajstić information content (AvgIpc) is 3.36. The molecule has 0 bridgehead atoms. The van der Waals surface area contributed by atoms with Crippen molar-refractivity contribution in [1.29, 1.82) is 0 Å². The first-order chi connectivity index (χ1) is 11.8. The summed E-state index contributed by atoms with van der Waals surface area (Å²) >= 11 is 0. The molecule has 0 N–H and O–H groups in total. The molecule has 0 atom stereocenters. The Morgan fingerprint density at radius 1 is 0.560 bits per heavy atom. The predicted octanol–water partition coefficient (Wildman–Crippen LogP) is 6.40. The second-order valence-corrected chi connectivity index (χ2v) is 5.02. The number of aryl methyl sites for hydroxylation is 2. The molecule has 0 aliphatic rings. The van der Waals surface area contributed by atoms with Gasteiger partial charge in [0.2, 0.25) is 0 Å². The van der Waals surface area contributed by atoms with Gasteiger partial charge in [-0.3, -0.25) is 0 Å². The third-order valence-corrected chi connectivity index (χ3v) is 2.84. The van der Waals surface area contributed by atoms with Crippen LogP contribution in [0.15, 0.2) is 109 Å². The van der Waals surface area contributed by atoms with E-state index in [4.69, 9.17) is 0 Å². The molecule has 0 radical (unpaired) electrons. The van der Waals surface area contributed by atoms with Crippen LogP contribution < -0.4 is 0 Å². The van der Waals surface area contributed by atoms with E-state index >= 15 is 0 Å². The van der Waals surface area contributed by atoms with Gasteiger partial charge in [-0.2, -0.15) is 108 Å². The molecule has 0 saturated carbocycles. The molecule has 0 aromatic heterocycles. The van der Waals surface area contributed by atoms with Crippen molar-refractivity contribution in [3.8, 4) is 0 Å². The normalized spacial score (nSPS) is 8.08. The van der Waals surface area contributed by atoms with Gasteiger partial charge in [0.05, 0.1) is 0 Å². The van der Waals surface area contributed by atoms with Crippen LogP contribution in [0.5, 0.6) is 0 Å². The van der Waals surface area contributed by atoms with Crippen LogP contribution in [0, 0.1) is 26.0 Å². The second-order valence-electron chi connectivity index (χ2n) is 5.02. The van der Waals surface area contributed by atoms with Crippen molar-refractivity contribution in [3.05, 3.63) is 132 Å². The van der Waals surface area contributed by atoms with Crippen molar-refractivity contribution in [1.82, 2.24) is 0 Å². The molecule has 0 nitrogen and oxygen atoms in total. The number of hydrogen-bond donors (Lipinski definition) is 0. The van der Waals surface area contributed by atoms with Crippen LogP contribution in [0.2, 0.25) is 0 Å². The molecular formula is C24H24Ti. The third-order valence-electron chi connectivity index (χ3n) is 2.84.